The Morgan fingerprint density at radius 2 is 1.90 bits per heavy atom. The third-order valence-corrected chi connectivity index (χ3v) is 2.72. The summed E-state index contributed by atoms with van der Waals surface area (Å²) in [4.78, 5) is 32.9. The summed E-state index contributed by atoms with van der Waals surface area (Å²) >= 11 is 0. The molecule has 0 radical (unpaired) electrons. The molecule has 8 nitrogen and oxygen atoms in total. The summed E-state index contributed by atoms with van der Waals surface area (Å²) in [5.41, 5.74) is 0. The van der Waals surface area contributed by atoms with Crippen molar-refractivity contribution in [3.05, 3.63) is 0 Å². The van der Waals surface area contributed by atoms with Crippen molar-refractivity contribution in [1.29, 1.82) is 0 Å². The molecular weight excluding hydrogens is 270 g/mol. The van der Waals surface area contributed by atoms with Crippen LogP contribution in [0.15, 0.2) is 0 Å². The van der Waals surface area contributed by atoms with Crippen LogP contribution >= 0.6 is 0 Å². The van der Waals surface area contributed by atoms with E-state index in [1.54, 1.807) is 0 Å². The third kappa shape index (κ3) is 5.14. The zero-order valence-electron chi connectivity index (χ0n) is 11.6. The number of rotatable bonds is 4. The number of aliphatic hydroxyl groups excluding tert-OH is 1. The maximum Gasteiger partial charge on any atom is 0.302 e. The molecule has 0 aliphatic carbocycles. The molecule has 0 aromatic carbocycles. The SMILES string of the molecule is CC(=O)N[C@@H]1C[C@@H](OC(C)=O)[C@@H](COC(C)=O)OC1O. The highest BCUT2D eigenvalue weighted by Crippen LogP contribution is 2.22. The summed E-state index contributed by atoms with van der Waals surface area (Å²) in [6, 6.07) is -0.689. The molecular formula is C12H19NO7. The van der Waals surface area contributed by atoms with Crippen LogP contribution < -0.4 is 5.32 Å². The molecule has 1 fully saturated rings. The van der Waals surface area contributed by atoms with E-state index in [9.17, 15) is 19.5 Å². The summed E-state index contributed by atoms with van der Waals surface area (Å²) < 4.78 is 15.1. The van der Waals surface area contributed by atoms with Crippen molar-refractivity contribution in [1.82, 2.24) is 5.32 Å². The molecule has 0 aromatic heterocycles. The molecule has 1 saturated heterocycles. The van der Waals surface area contributed by atoms with Crippen molar-refractivity contribution < 1.29 is 33.7 Å². The summed E-state index contributed by atoms with van der Waals surface area (Å²) in [5.74, 6) is -1.37. The summed E-state index contributed by atoms with van der Waals surface area (Å²) in [6.07, 6.45) is -2.58. The third-order valence-electron chi connectivity index (χ3n) is 2.72. The minimum absolute atomic E-state index is 0.142. The van der Waals surface area contributed by atoms with Gasteiger partial charge in [-0.05, 0) is 0 Å². The zero-order valence-corrected chi connectivity index (χ0v) is 11.6. The molecule has 1 aliphatic heterocycles. The van der Waals surface area contributed by atoms with Gasteiger partial charge in [-0.15, -0.1) is 0 Å². The Morgan fingerprint density at radius 1 is 1.25 bits per heavy atom. The van der Waals surface area contributed by atoms with Gasteiger partial charge in [0.05, 0.1) is 6.04 Å². The number of hydrogen-bond donors (Lipinski definition) is 2. The van der Waals surface area contributed by atoms with E-state index in [2.05, 4.69) is 5.32 Å². The second-order valence-corrected chi connectivity index (χ2v) is 4.56. The first kappa shape index (κ1) is 16.4. The predicted molar refractivity (Wildman–Crippen MR) is 65.3 cm³/mol. The molecule has 114 valence electrons. The number of ether oxygens (including phenoxy) is 3. The lowest BCUT2D eigenvalue weighted by Gasteiger charge is -2.38. The maximum absolute atomic E-state index is 11.1. The first-order chi connectivity index (χ1) is 9.29. The number of carbonyl (C=O) groups is 3. The van der Waals surface area contributed by atoms with Crippen LogP contribution in [0.1, 0.15) is 27.2 Å². The van der Waals surface area contributed by atoms with E-state index in [4.69, 9.17) is 14.2 Å². The van der Waals surface area contributed by atoms with Crippen LogP contribution in [0.2, 0.25) is 0 Å². The van der Waals surface area contributed by atoms with Gasteiger partial charge in [0.25, 0.3) is 0 Å². The fourth-order valence-corrected chi connectivity index (χ4v) is 1.95. The van der Waals surface area contributed by atoms with E-state index in [1.165, 1.54) is 20.8 Å². The van der Waals surface area contributed by atoms with Gasteiger partial charge < -0.3 is 24.6 Å². The Labute approximate surface area is 116 Å². The van der Waals surface area contributed by atoms with Gasteiger partial charge in [-0.1, -0.05) is 0 Å². The smallest absolute Gasteiger partial charge is 0.302 e. The normalized spacial score (nSPS) is 29.4. The number of esters is 2. The van der Waals surface area contributed by atoms with Crippen molar-refractivity contribution in [3.63, 3.8) is 0 Å². The van der Waals surface area contributed by atoms with Gasteiger partial charge in [0.1, 0.15) is 18.8 Å². The number of hydrogen-bond acceptors (Lipinski definition) is 7. The van der Waals surface area contributed by atoms with Crippen molar-refractivity contribution in [2.45, 2.75) is 51.7 Å². The van der Waals surface area contributed by atoms with Crippen molar-refractivity contribution >= 4 is 17.8 Å². The van der Waals surface area contributed by atoms with E-state index in [-0.39, 0.29) is 18.9 Å². The van der Waals surface area contributed by atoms with E-state index < -0.39 is 36.5 Å². The highest BCUT2D eigenvalue weighted by atomic mass is 16.6. The summed E-state index contributed by atoms with van der Waals surface area (Å²) in [7, 11) is 0. The Morgan fingerprint density at radius 3 is 2.40 bits per heavy atom. The molecule has 8 heteroatoms. The van der Waals surface area contributed by atoms with Crippen molar-refractivity contribution in [2.75, 3.05) is 6.61 Å². The van der Waals surface area contributed by atoms with Crippen LogP contribution in [-0.4, -0.2) is 54.1 Å². The maximum atomic E-state index is 11.1. The van der Waals surface area contributed by atoms with Gasteiger partial charge in [0.15, 0.2) is 6.29 Å². The molecule has 4 atom stereocenters. The number of aliphatic hydroxyl groups is 1. The largest absolute Gasteiger partial charge is 0.463 e. The molecule has 0 bridgehead atoms. The fourth-order valence-electron chi connectivity index (χ4n) is 1.95. The second kappa shape index (κ2) is 7.20. The fraction of sp³-hybridized carbons (Fsp3) is 0.750. The minimum atomic E-state index is -1.26. The van der Waals surface area contributed by atoms with Gasteiger partial charge >= 0.3 is 11.9 Å². The lowest BCUT2D eigenvalue weighted by atomic mass is 10.0. The van der Waals surface area contributed by atoms with E-state index >= 15 is 0 Å². The van der Waals surface area contributed by atoms with Crippen LogP contribution in [0.4, 0.5) is 0 Å². The molecule has 1 amide bonds. The van der Waals surface area contributed by atoms with E-state index in [0.29, 0.717) is 0 Å². The number of nitrogens with one attached hydrogen (secondary N) is 1. The Kier molecular flexibility index (Phi) is 5.90. The van der Waals surface area contributed by atoms with Gasteiger partial charge in [-0.25, -0.2) is 0 Å². The molecule has 0 saturated carbocycles. The molecule has 20 heavy (non-hydrogen) atoms. The monoisotopic (exact) mass is 289 g/mol. The number of carbonyl (C=O) groups excluding carboxylic acids is 3. The first-order valence-corrected chi connectivity index (χ1v) is 6.20. The Balaban J connectivity index is 2.70. The second-order valence-electron chi connectivity index (χ2n) is 4.56. The lowest BCUT2D eigenvalue weighted by molar-refractivity contribution is -0.231. The summed E-state index contributed by atoms with van der Waals surface area (Å²) in [6.45, 7) is 3.64. The number of amides is 1. The van der Waals surface area contributed by atoms with Crippen LogP contribution in [0.25, 0.3) is 0 Å². The predicted octanol–water partition coefficient (Wildman–Crippen LogP) is -0.907. The molecule has 2 N–H and O–H groups in total. The molecule has 1 rings (SSSR count). The van der Waals surface area contributed by atoms with Crippen LogP contribution in [0, 0.1) is 0 Å². The van der Waals surface area contributed by atoms with Gasteiger partial charge in [-0.2, -0.15) is 0 Å². The van der Waals surface area contributed by atoms with Crippen molar-refractivity contribution in [3.8, 4) is 0 Å². The topological polar surface area (TPSA) is 111 Å². The quantitative estimate of drug-likeness (QED) is 0.645. The van der Waals surface area contributed by atoms with E-state index in [1.807, 2.05) is 0 Å². The molecule has 0 aromatic rings. The molecule has 1 heterocycles. The minimum Gasteiger partial charge on any atom is -0.463 e. The standard InChI is InChI=1S/C12H19NO7/c1-6(14)13-9-4-10(19-8(3)16)11(20-12(9)17)5-18-7(2)15/h9-12,17H,4-5H2,1-3H3,(H,13,14)/t9-,10-,11-,12?/m1/s1. The molecule has 0 spiro atoms. The van der Waals surface area contributed by atoms with Gasteiger partial charge in [-0.3, -0.25) is 14.4 Å². The van der Waals surface area contributed by atoms with Gasteiger partial charge in [0, 0.05) is 27.2 Å². The highest BCUT2D eigenvalue weighted by molar-refractivity contribution is 5.73. The Bertz CT molecular complexity index is 384. The Hall–Kier alpha value is -1.67. The van der Waals surface area contributed by atoms with E-state index in [0.717, 1.165) is 0 Å². The molecule has 1 unspecified atom stereocenters. The average molecular weight is 289 g/mol. The van der Waals surface area contributed by atoms with Crippen molar-refractivity contribution in [2.24, 2.45) is 0 Å². The first-order valence-electron chi connectivity index (χ1n) is 6.20. The van der Waals surface area contributed by atoms with Gasteiger partial charge in [0.2, 0.25) is 5.91 Å². The average Bonchev–Trinajstić information content (AvgIpc) is 2.29. The van der Waals surface area contributed by atoms with Crippen LogP contribution in [-0.2, 0) is 28.6 Å². The zero-order chi connectivity index (χ0) is 15.3. The van der Waals surface area contributed by atoms with Crippen LogP contribution in [0.3, 0.4) is 0 Å². The summed E-state index contributed by atoms with van der Waals surface area (Å²) in [5, 5.41) is 12.3. The van der Waals surface area contributed by atoms with Crippen LogP contribution in [0.5, 0.6) is 0 Å². The lowest BCUT2D eigenvalue weighted by Crippen LogP contribution is -2.56. The highest BCUT2D eigenvalue weighted by Gasteiger charge is 2.40. The molecule has 1 aliphatic rings.